The van der Waals surface area contributed by atoms with Crippen LogP contribution in [0.1, 0.15) is 16.1 Å². The van der Waals surface area contributed by atoms with Gasteiger partial charge in [-0.2, -0.15) is 8.78 Å². The Labute approximate surface area is 113 Å². The van der Waals surface area contributed by atoms with E-state index in [4.69, 9.17) is 0 Å². The number of pyridine rings is 2. The highest BCUT2D eigenvalue weighted by molar-refractivity contribution is 6.05. The first-order chi connectivity index (χ1) is 9.65. The molecule has 2 aromatic rings. The van der Waals surface area contributed by atoms with Crippen LogP contribution in [0.25, 0.3) is 6.08 Å². The van der Waals surface area contributed by atoms with Crippen molar-refractivity contribution in [3.8, 4) is 5.75 Å². The van der Waals surface area contributed by atoms with Gasteiger partial charge in [-0.3, -0.25) is 9.78 Å². The van der Waals surface area contributed by atoms with E-state index in [1.807, 2.05) is 0 Å². The SMILES string of the molecule is O=C(/C=C/c1ccncc1)c1ccc(OC(F)F)cn1. The summed E-state index contributed by atoms with van der Waals surface area (Å²) in [6, 6.07) is 6.09. The maximum Gasteiger partial charge on any atom is 0.387 e. The zero-order valence-electron chi connectivity index (χ0n) is 10.2. The molecule has 0 saturated heterocycles. The summed E-state index contributed by atoms with van der Waals surface area (Å²) in [6.07, 6.45) is 7.28. The van der Waals surface area contributed by atoms with Crippen molar-refractivity contribution >= 4 is 11.9 Å². The molecule has 0 aliphatic heterocycles. The lowest BCUT2D eigenvalue weighted by Gasteiger charge is -2.03. The number of ether oxygens (including phenoxy) is 1. The van der Waals surface area contributed by atoms with Gasteiger partial charge in [0.2, 0.25) is 5.78 Å². The van der Waals surface area contributed by atoms with Gasteiger partial charge in [0.1, 0.15) is 11.4 Å². The van der Waals surface area contributed by atoms with Crippen molar-refractivity contribution in [2.24, 2.45) is 0 Å². The average molecular weight is 276 g/mol. The van der Waals surface area contributed by atoms with Crippen LogP contribution in [0.3, 0.4) is 0 Å². The molecule has 0 spiro atoms. The van der Waals surface area contributed by atoms with E-state index in [-0.39, 0.29) is 17.2 Å². The number of aromatic nitrogens is 2. The Balaban J connectivity index is 2.04. The quantitative estimate of drug-likeness (QED) is 0.622. The summed E-state index contributed by atoms with van der Waals surface area (Å²) in [5.41, 5.74) is 0.975. The van der Waals surface area contributed by atoms with Gasteiger partial charge < -0.3 is 4.74 Å². The normalized spacial score (nSPS) is 10.9. The van der Waals surface area contributed by atoms with Crippen LogP contribution in [0.2, 0.25) is 0 Å². The minimum Gasteiger partial charge on any atom is -0.433 e. The summed E-state index contributed by atoms with van der Waals surface area (Å²) in [4.78, 5) is 19.4. The Hall–Kier alpha value is -2.63. The van der Waals surface area contributed by atoms with Crippen molar-refractivity contribution in [3.05, 3.63) is 60.2 Å². The Morgan fingerprint density at radius 1 is 1.20 bits per heavy atom. The van der Waals surface area contributed by atoms with E-state index in [1.165, 1.54) is 18.2 Å². The van der Waals surface area contributed by atoms with Crippen molar-refractivity contribution in [2.75, 3.05) is 0 Å². The highest BCUT2D eigenvalue weighted by Gasteiger charge is 2.07. The van der Waals surface area contributed by atoms with Gasteiger partial charge in [-0.1, -0.05) is 6.08 Å². The fourth-order valence-corrected chi connectivity index (χ4v) is 1.43. The molecule has 0 aliphatic carbocycles. The molecule has 6 heteroatoms. The Kier molecular flexibility index (Phi) is 4.49. The van der Waals surface area contributed by atoms with E-state index in [1.54, 1.807) is 30.6 Å². The number of hydrogen-bond acceptors (Lipinski definition) is 4. The largest absolute Gasteiger partial charge is 0.433 e. The fraction of sp³-hybridized carbons (Fsp3) is 0.0714. The molecule has 0 radical (unpaired) electrons. The van der Waals surface area contributed by atoms with Crippen LogP contribution in [0, 0.1) is 0 Å². The van der Waals surface area contributed by atoms with Gasteiger partial charge in [-0.05, 0) is 35.9 Å². The standard InChI is InChI=1S/C14H10F2N2O2/c15-14(16)20-11-2-3-12(18-9-11)13(19)4-1-10-5-7-17-8-6-10/h1-9,14H/b4-1+. The Bertz CT molecular complexity index is 598. The number of alkyl halides is 2. The van der Waals surface area contributed by atoms with E-state index in [2.05, 4.69) is 14.7 Å². The van der Waals surface area contributed by atoms with Crippen molar-refractivity contribution in [1.29, 1.82) is 0 Å². The van der Waals surface area contributed by atoms with Crippen LogP contribution in [-0.4, -0.2) is 22.4 Å². The maximum absolute atomic E-state index is 12.0. The molecule has 0 bridgehead atoms. The van der Waals surface area contributed by atoms with Crippen LogP contribution < -0.4 is 4.74 Å². The third-order valence-electron chi connectivity index (χ3n) is 2.35. The lowest BCUT2D eigenvalue weighted by Crippen LogP contribution is -2.04. The van der Waals surface area contributed by atoms with Gasteiger partial charge in [0.15, 0.2) is 0 Å². The molecule has 2 rings (SSSR count). The fourth-order valence-electron chi connectivity index (χ4n) is 1.43. The molecule has 0 atom stereocenters. The Morgan fingerprint density at radius 3 is 2.55 bits per heavy atom. The molecule has 0 aromatic carbocycles. The van der Waals surface area contributed by atoms with Gasteiger partial charge in [-0.15, -0.1) is 0 Å². The monoisotopic (exact) mass is 276 g/mol. The summed E-state index contributed by atoms with van der Waals surface area (Å²) in [7, 11) is 0. The second kappa shape index (κ2) is 6.51. The van der Waals surface area contributed by atoms with Gasteiger partial charge in [0.25, 0.3) is 0 Å². The number of carbonyl (C=O) groups excluding carboxylic acids is 1. The highest BCUT2D eigenvalue weighted by Crippen LogP contribution is 2.13. The van der Waals surface area contributed by atoms with E-state index < -0.39 is 6.61 Å². The molecule has 0 amide bonds. The van der Waals surface area contributed by atoms with Crippen LogP contribution in [0.15, 0.2) is 48.9 Å². The first kappa shape index (κ1) is 13.8. The zero-order chi connectivity index (χ0) is 14.4. The van der Waals surface area contributed by atoms with Gasteiger partial charge in [0, 0.05) is 12.4 Å². The highest BCUT2D eigenvalue weighted by atomic mass is 19.3. The second-order valence-corrected chi connectivity index (χ2v) is 3.74. The van der Waals surface area contributed by atoms with Crippen LogP contribution in [0.5, 0.6) is 5.75 Å². The molecule has 0 fully saturated rings. The summed E-state index contributed by atoms with van der Waals surface area (Å²) < 4.78 is 28.1. The van der Waals surface area contributed by atoms with E-state index >= 15 is 0 Å². The maximum atomic E-state index is 12.0. The molecule has 2 aromatic heterocycles. The molecule has 0 unspecified atom stereocenters. The lowest BCUT2D eigenvalue weighted by molar-refractivity contribution is -0.0500. The van der Waals surface area contributed by atoms with E-state index in [9.17, 15) is 13.6 Å². The molecule has 20 heavy (non-hydrogen) atoms. The number of halogens is 2. The molecule has 0 saturated carbocycles. The summed E-state index contributed by atoms with van der Waals surface area (Å²) in [5, 5.41) is 0. The minimum absolute atomic E-state index is 0.0883. The van der Waals surface area contributed by atoms with E-state index in [0.29, 0.717) is 0 Å². The van der Waals surface area contributed by atoms with Gasteiger partial charge in [-0.25, -0.2) is 4.98 Å². The predicted octanol–water partition coefficient (Wildman–Crippen LogP) is 2.97. The number of ketones is 1. The van der Waals surface area contributed by atoms with Crippen LogP contribution in [0.4, 0.5) is 8.78 Å². The Morgan fingerprint density at radius 2 is 1.95 bits per heavy atom. The number of rotatable bonds is 5. The summed E-state index contributed by atoms with van der Waals surface area (Å²) >= 11 is 0. The molecule has 4 nitrogen and oxygen atoms in total. The number of allylic oxidation sites excluding steroid dienone is 1. The first-order valence-electron chi connectivity index (χ1n) is 5.68. The molecule has 2 heterocycles. The topological polar surface area (TPSA) is 52.1 Å². The van der Waals surface area contributed by atoms with Crippen LogP contribution >= 0.6 is 0 Å². The smallest absolute Gasteiger partial charge is 0.387 e. The predicted molar refractivity (Wildman–Crippen MR) is 68.5 cm³/mol. The van der Waals surface area contributed by atoms with Crippen molar-refractivity contribution in [2.45, 2.75) is 6.61 Å². The lowest BCUT2D eigenvalue weighted by atomic mass is 10.2. The number of nitrogens with zero attached hydrogens (tertiary/aromatic N) is 2. The molecule has 0 aliphatic rings. The summed E-state index contributed by atoms with van der Waals surface area (Å²) in [5.74, 6) is -0.417. The van der Waals surface area contributed by atoms with E-state index in [0.717, 1.165) is 11.8 Å². The first-order valence-corrected chi connectivity index (χ1v) is 5.68. The molecule has 102 valence electrons. The number of carbonyl (C=O) groups is 1. The third kappa shape index (κ3) is 3.94. The van der Waals surface area contributed by atoms with Gasteiger partial charge >= 0.3 is 6.61 Å². The third-order valence-corrected chi connectivity index (χ3v) is 2.35. The van der Waals surface area contributed by atoms with Crippen molar-refractivity contribution in [1.82, 2.24) is 9.97 Å². The van der Waals surface area contributed by atoms with Crippen LogP contribution in [-0.2, 0) is 0 Å². The molecular formula is C14H10F2N2O2. The second-order valence-electron chi connectivity index (χ2n) is 3.74. The zero-order valence-corrected chi connectivity index (χ0v) is 10.2. The molecular weight excluding hydrogens is 266 g/mol. The average Bonchev–Trinajstić information content (AvgIpc) is 2.46. The minimum atomic E-state index is -2.91. The number of hydrogen-bond donors (Lipinski definition) is 0. The molecule has 0 N–H and O–H groups in total. The summed E-state index contributed by atoms with van der Waals surface area (Å²) in [6.45, 7) is -2.91. The van der Waals surface area contributed by atoms with Crippen molar-refractivity contribution < 1.29 is 18.3 Å². The van der Waals surface area contributed by atoms with Gasteiger partial charge in [0.05, 0.1) is 6.20 Å². The van der Waals surface area contributed by atoms with Crippen molar-refractivity contribution in [3.63, 3.8) is 0 Å².